The number of halogens is 2. The van der Waals surface area contributed by atoms with Gasteiger partial charge in [0.1, 0.15) is 0 Å². The third kappa shape index (κ3) is 7.10. The van der Waals surface area contributed by atoms with Crippen LogP contribution >= 0.6 is 0 Å². The maximum atomic E-state index is 15.4. The van der Waals surface area contributed by atoms with E-state index in [0.717, 1.165) is 61.0 Å². The normalized spacial score (nSPS) is 28.5. The third-order valence-electron chi connectivity index (χ3n) is 10.1. The van der Waals surface area contributed by atoms with Gasteiger partial charge in [0.2, 0.25) is 0 Å². The minimum absolute atomic E-state index is 0.230. The summed E-state index contributed by atoms with van der Waals surface area (Å²) in [5.74, 6) is 2.26. The first kappa shape index (κ1) is 27.1. The second-order valence-electron chi connectivity index (χ2n) is 12.6. The number of fused-ring (bicyclic) bond motifs is 2. The van der Waals surface area contributed by atoms with Gasteiger partial charge in [-0.25, -0.2) is 8.78 Å². The Bertz CT molecular complexity index is 784. The standard InChI is InChI=1S/C33H52F2/c1-3-5-7-9-11-12-24-14-16-27-22-28(19-18-26(27)20-24)31-23-29-17-15-25(13-10-8-6-4-2)21-30(29)32(34)33(31)35/h23-28H,3-22H2,1-2H3. The summed E-state index contributed by atoms with van der Waals surface area (Å²) in [6.45, 7) is 4.52. The zero-order valence-electron chi connectivity index (χ0n) is 22.9. The molecule has 5 unspecified atom stereocenters. The van der Waals surface area contributed by atoms with Crippen molar-refractivity contribution in [2.75, 3.05) is 0 Å². The number of benzene rings is 1. The van der Waals surface area contributed by atoms with Crippen molar-refractivity contribution in [1.82, 2.24) is 0 Å². The van der Waals surface area contributed by atoms with Crippen molar-refractivity contribution >= 4 is 0 Å². The van der Waals surface area contributed by atoms with Gasteiger partial charge in [-0.2, -0.15) is 0 Å². The lowest BCUT2D eigenvalue weighted by Crippen LogP contribution is -2.31. The van der Waals surface area contributed by atoms with Gasteiger partial charge in [0.15, 0.2) is 11.6 Å². The van der Waals surface area contributed by atoms with Gasteiger partial charge in [-0.1, -0.05) is 97.0 Å². The van der Waals surface area contributed by atoms with Gasteiger partial charge in [0.05, 0.1) is 0 Å². The van der Waals surface area contributed by atoms with E-state index in [4.69, 9.17) is 0 Å². The average Bonchev–Trinajstić information content (AvgIpc) is 2.88. The fourth-order valence-corrected chi connectivity index (χ4v) is 7.90. The fraction of sp³-hybridized carbons (Fsp3) is 0.818. The molecule has 0 amide bonds. The number of unbranched alkanes of at least 4 members (excludes halogenated alkanes) is 7. The van der Waals surface area contributed by atoms with E-state index < -0.39 is 11.6 Å². The van der Waals surface area contributed by atoms with Crippen molar-refractivity contribution in [3.05, 3.63) is 34.4 Å². The van der Waals surface area contributed by atoms with E-state index in [1.165, 1.54) is 96.3 Å². The fourth-order valence-electron chi connectivity index (χ4n) is 7.90. The molecule has 0 heterocycles. The molecular formula is C33H52F2. The molecule has 0 aliphatic heterocycles. The molecule has 198 valence electrons. The van der Waals surface area contributed by atoms with Crippen molar-refractivity contribution in [2.24, 2.45) is 23.7 Å². The molecule has 4 rings (SSSR count). The van der Waals surface area contributed by atoms with E-state index in [-0.39, 0.29) is 5.92 Å². The zero-order valence-corrected chi connectivity index (χ0v) is 22.9. The number of hydrogen-bond acceptors (Lipinski definition) is 0. The molecule has 0 bridgehead atoms. The number of aryl methyl sites for hydroxylation is 1. The first-order valence-corrected chi connectivity index (χ1v) is 15.6. The van der Waals surface area contributed by atoms with Crippen LogP contribution in [0.4, 0.5) is 8.78 Å². The number of rotatable bonds is 12. The van der Waals surface area contributed by atoms with Gasteiger partial charge in [-0.3, -0.25) is 0 Å². The summed E-state index contributed by atoms with van der Waals surface area (Å²) in [6.07, 6.45) is 24.8. The van der Waals surface area contributed by atoms with Gasteiger partial charge < -0.3 is 0 Å². The molecular weight excluding hydrogens is 434 g/mol. The Balaban J connectivity index is 1.31. The molecule has 0 aromatic heterocycles. The smallest absolute Gasteiger partial charge is 0.162 e. The van der Waals surface area contributed by atoms with Crippen LogP contribution in [0.3, 0.4) is 0 Å². The monoisotopic (exact) mass is 486 g/mol. The molecule has 2 fully saturated rings. The lowest BCUT2D eigenvalue weighted by molar-refractivity contribution is 0.112. The molecule has 0 nitrogen and oxygen atoms in total. The Morgan fingerprint density at radius 2 is 1.34 bits per heavy atom. The second-order valence-corrected chi connectivity index (χ2v) is 12.6. The van der Waals surface area contributed by atoms with E-state index in [2.05, 4.69) is 19.9 Å². The molecule has 2 heteroatoms. The first-order chi connectivity index (χ1) is 17.1. The highest BCUT2D eigenvalue weighted by atomic mass is 19.2. The molecule has 0 saturated heterocycles. The predicted molar refractivity (Wildman–Crippen MR) is 145 cm³/mol. The van der Waals surface area contributed by atoms with Crippen molar-refractivity contribution in [2.45, 2.75) is 148 Å². The Morgan fingerprint density at radius 1 is 0.686 bits per heavy atom. The topological polar surface area (TPSA) is 0 Å². The second kappa shape index (κ2) is 13.6. The molecule has 35 heavy (non-hydrogen) atoms. The van der Waals surface area contributed by atoms with Gasteiger partial charge in [0.25, 0.3) is 0 Å². The molecule has 3 aliphatic rings. The summed E-state index contributed by atoms with van der Waals surface area (Å²) >= 11 is 0. The third-order valence-corrected chi connectivity index (χ3v) is 10.1. The summed E-state index contributed by atoms with van der Waals surface area (Å²) in [4.78, 5) is 0. The highest BCUT2D eigenvalue weighted by Gasteiger charge is 2.37. The summed E-state index contributed by atoms with van der Waals surface area (Å²) < 4.78 is 30.7. The Morgan fingerprint density at radius 3 is 2.11 bits per heavy atom. The van der Waals surface area contributed by atoms with Crippen molar-refractivity contribution in [3.8, 4) is 0 Å². The van der Waals surface area contributed by atoms with Crippen molar-refractivity contribution in [1.29, 1.82) is 0 Å². The van der Waals surface area contributed by atoms with Gasteiger partial charge in [0, 0.05) is 0 Å². The van der Waals surface area contributed by atoms with Gasteiger partial charge in [-0.05, 0) is 97.6 Å². The van der Waals surface area contributed by atoms with Crippen LogP contribution in [0.15, 0.2) is 6.07 Å². The zero-order chi connectivity index (χ0) is 24.6. The van der Waals surface area contributed by atoms with Crippen LogP contribution in [-0.2, 0) is 12.8 Å². The van der Waals surface area contributed by atoms with Gasteiger partial charge >= 0.3 is 0 Å². The van der Waals surface area contributed by atoms with Crippen LogP contribution in [0.2, 0.25) is 0 Å². The predicted octanol–water partition coefficient (Wildman–Crippen LogP) is 10.7. The van der Waals surface area contributed by atoms with Crippen LogP contribution in [0.1, 0.15) is 152 Å². The summed E-state index contributed by atoms with van der Waals surface area (Å²) in [7, 11) is 0. The lowest BCUT2D eigenvalue weighted by atomic mass is 9.63. The van der Waals surface area contributed by atoms with Gasteiger partial charge in [-0.15, -0.1) is 0 Å². The average molecular weight is 487 g/mol. The lowest BCUT2D eigenvalue weighted by Gasteiger charge is -2.42. The minimum atomic E-state index is -0.500. The highest BCUT2D eigenvalue weighted by molar-refractivity contribution is 5.38. The molecule has 0 spiro atoms. The summed E-state index contributed by atoms with van der Waals surface area (Å²) in [6, 6.07) is 2.11. The first-order valence-electron chi connectivity index (χ1n) is 15.6. The largest absolute Gasteiger partial charge is 0.203 e. The highest BCUT2D eigenvalue weighted by Crippen LogP contribution is 2.49. The van der Waals surface area contributed by atoms with Crippen molar-refractivity contribution < 1.29 is 8.78 Å². The molecule has 0 N–H and O–H groups in total. The summed E-state index contributed by atoms with van der Waals surface area (Å²) in [5, 5.41) is 0. The Hall–Kier alpha value is -0.920. The Labute approximate surface area is 215 Å². The van der Waals surface area contributed by atoms with Crippen LogP contribution in [0.5, 0.6) is 0 Å². The van der Waals surface area contributed by atoms with Crippen LogP contribution < -0.4 is 0 Å². The maximum Gasteiger partial charge on any atom is 0.162 e. The number of hydrogen-bond donors (Lipinski definition) is 0. The van der Waals surface area contributed by atoms with E-state index in [9.17, 15) is 0 Å². The summed E-state index contributed by atoms with van der Waals surface area (Å²) in [5.41, 5.74) is 2.56. The van der Waals surface area contributed by atoms with E-state index in [0.29, 0.717) is 11.5 Å². The molecule has 2 saturated carbocycles. The SMILES string of the molecule is CCCCCCCC1CCC2CC(c3cc4c(c(F)c3F)CC(CCCCCC)CC4)CCC2C1. The van der Waals surface area contributed by atoms with E-state index >= 15 is 8.78 Å². The molecule has 0 radical (unpaired) electrons. The molecule has 5 atom stereocenters. The molecule has 1 aromatic rings. The molecule has 1 aromatic carbocycles. The molecule has 3 aliphatic carbocycles. The quantitative estimate of drug-likeness (QED) is 0.258. The van der Waals surface area contributed by atoms with Crippen LogP contribution in [-0.4, -0.2) is 0 Å². The van der Waals surface area contributed by atoms with Crippen molar-refractivity contribution in [3.63, 3.8) is 0 Å². The van der Waals surface area contributed by atoms with Crippen LogP contribution in [0, 0.1) is 35.3 Å². The van der Waals surface area contributed by atoms with E-state index in [1.807, 2.05) is 0 Å². The van der Waals surface area contributed by atoms with Crippen LogP contribution in [0.25, 0.3) is 0 Å². The minimum Gasteiger partial charge on any atom is -0.203 e. The Kier molecular flexibility index (Phi) is 10.5. The maximum absolute atomic E-state index is 15.4. The van der Waals surface area contributed by atoms with E-state index in [1.54, 1.807) is 0 Å².